The zero-order valence-electron chi connectivity index (χ0n) is 11.1. The van der Waals surface area contributed by atoms with E-state index in [1.54, 1.807) is 6.07 Å². The molecule has 2 rings (SSSR count). The van der Waals surface area contributed by atoms with Crippen molar-refractivity contribution in [1.82, 2.24) is 0 Å². The molecular formula is C15H17FO2. The van der Waals surface area contributed by atoms with Crippen LogP contribution in [0.1, 0.15) is 38.8 Å². The molecule has 0 amide bonds. The van der Waals surface area contributed by atoms with E-state index in [-0.39, 0.29) is 23.1 Å². The smallest absolute Gasteiger partial charge is 0.298 e. The zero-order chi connectivity index (χ0) is 13.6. The van der Waals surface area contributed by atoms with Gasteiger partial charge in [-0.3, -0.25) is 4.79 Å². The Hall–Kier alpha value is -1.64. The molecule has 0 N–H and O–H groups in total. The fourth-order valence-corrected chi connectivity index (χ4v) is 2.36. The Balaban J connectivity index is 2.68. The first-order chi connectivity index (χ1) is 8.28. The molecule has 3 heteroatoms. The van der Waals surface area contributed by atoms with Crippen molar-refractivity contribution in [2.75, 3.05) is 0 Å². The van der Waals surface area contributed by atoms with E-state index >= 15 is 0 Å². The van der Waals surface area contributed by atoms with E-state index < -0.39 is 5.82 Å². The zero-order valence-corrected chi connectivity index (χ0v) is 11.1. The van der Waals surface area contributed by atoms with Gasteiger partial charge in [0.2, 0.25) is 0 Å². The lowest BCUT2D eigenvalue weighted by atomic mass is 9.68. The summed E-state index contributed by atoms with van der Waals surface area (Å²) in [4.78, 5) is 10.4. The van der Waals surface area contributed by atoms with Crippen LogP contribution in [0.2, 0.25) is 0 Å². The van der Waals surface area contributed by atoms with E-state index in [9.17, 15) is 9.18 Å². The number of hydrogen-bond acceptors (Lipinski definition) is 2. The summed E-state index contributed by atoms with van der Waals surface area (Å²) in [6.07, 6.45) is 4.20. The molecule has 0 fully saturated rings. The number of carbonyl (C=O) groups excluding carboxylic acids is 1. The summed E-state index contributed by atoms with van der Waals surface area (Å²) in [7, 11) is 0. The molecule has 0 spiro atoms. The maximum atomic E-state index is 13.9. The van der Waals surface area contributed by atoms with Crippen LogP contribution in [0.3, 0.4) is 0 Å². The summed E-state index contributed by atoms with van der Waals surface area (Å²) in [5, 5.41) is 0. The minimum absolute atomic E-state index is 0.0112. The van der Waals surface area contributed by atoms with Crippen LogP contribution in [-0.2, 0) is 15.6 Å². The topological polar surface area (TPSA) is 26.3 Å². The summed E-state index contributed by atoms with van der Waals surface area (Å²) in [6, 6.07) is 3.10. The molecule has 0 unspecified atom stereocenters. The van der Waals surface area contributed by atoms with Crippen molar-refractivity contribution < 1.29 is 13.9 Å². The van der Waals surface area contributed by atoms with Gasteiger partial charge in [0.1, 0.15) is 0 Å². The number of ether oxygens (including phenoxy) is 1. The predicted octanol–water partition coefficient (Wildman–Crippen LogP) is 3.49. The van der Waals surface area contributed by atoms with Gasteiger partial charge in [0.25, 0.3) is 6.47 Å². The highest BCUT2D eigenvalue weighted by Gasteiger charge is 2.34. The van der Waals surface area contributed by atoms with Gasteiger partial charge in [-0.2, -0.15) is 0 Å². The molecule has 2 nitrogen and oxygen atoms in total. The van der Waals surface area contributed by atoms with Crippen molar-refractivity contribution in [2.45, 2.75) is 38.5 Å². The third kappa shape index (κ3) is 1.94. The van der Waals surface area contributed by atoms with Crippen molar-refractivity contribution in [3.63, 3.8) is 0 Å². The largest absolute Gasteiger partial charge is 0.426 e. The second-order valence-corrected chi connectivity index (χ2v) is 5.82. The van der Waals surface area contributed by atoms with Crippen LogP contribution < -0.4 is 4.74 Å². The summed E-state index contributed by atoms with van der Waals surface area (Å²) in [5.41, 5.74) is 1.52. The standard InChI is InChI=1S/C15H17FO2/c1-14(2)5-6-15(3,4)11-8-13(18-9-17)12(16)7-10(11)14/h5-9H,1-4H3. The lowest BCUT2D eigenvalue weighted by Crippen LogP contribution is -2.29. The number of allylic oxidation sites excluding steroid dienone is 2. The van der Waals surface area contributed by atoms with Crippen LogP contribution in [0.25, 0.3) is 0 Å². The number of carbonyl (C=O) groups is 1. The van der Waals surface area contributed by atoms with Gasteiger partial charge < -0.3 is 4.74 Å². The second kappa shape index (κ2) is 3.94. The molecule has 0 heterocycles. The van der Waals surface area contributed by atoms with Gasteiger partial charge >= 0.3 is 0 Å². The van der Waals surface area contributed by atoms with Crippen LogP contribution in [-0.4, -0.2) is 6.47 Å². The number of rotatable bonds is 2. The van der Waals surface area contributed by atoms with E-state index in [4.69, 9.17) is 0 Å². The molecule has 0 atom stereocenters. The average molecular weight is 248 g/mol. The molecule has 1 aliphatic carbocycles. The molecule has 96 valence electrons. The van der Waals surface area contributed by atoms with Gasteiger partial charge in [-0.1, -0.05) is 39.8 Å². The summed E-state index contributed by atoms with van der Waals surface area (Å²) >= 11 is 0. The fraction of sp³-hybridized carbons (Fsp3) is 0.400. The van der Waals surface area contributed by atoms with Gasteiger partial charge in [-0.15, -0.1) is 0 Å². The molecule has 0 saturated carbocycles. The van der Waals surface area contributed by atoms with E-state index in [1.807, 2.05) is 13.8 Å². The molecule has 1 aromatic rings. The Morgan fingerprint density at radius 1 is 1.06 bits per heavy atom. The van der Waals surface area contributed by atoms with Crippen molar-refractivity contribution in [2.24, 2.45) is 0 Å². The maximum Gasteiger partial charge on any atom is 0.298 e. The van der Waals surface area contributed by atoms with Crippen LogP contribution in [0.15, 0.2) is 24.3 Å². The number of hydrogen-bond donors (Lipinski definition) is 0. The predicted molar refractivity (Wildman–Crippen MR) is 68.3 cm³/mol. The first-order valence-corrected chi connectivity index (χ1v) is 5.93. The van der Waals surface area contributed by atoms with Crippen LogP contribution in [0.4, 0.5) is 4.39 Å². The first kappa shape index (κ1) is 12.8. The average Bonchev–Trinajstić information content (AvgIpc) is 2.27. The molecular weight excluding hydrogens is 231 g/mol. The third-order valence-corrected chi connectivity index (χ3v) is 3.55. The Labute approximate surface area is 106 Å². The van der Waals surface area contributed by atoms with E-state index in [0.29, 0.717) is 0 Å². The minimum Gasteiger partial charge on any atom is -0.426 e. The summed E-state index contributed by atoms with van der Waals surface area (Å²) in [5.74, 6) is -0.511. The number of fused-ring (bicyclic) bond motifs is 1. The van der Waals surface area contributed by atoms with Gasteiger partial charge in [0.05, 0.1) is 0 Å². The molecule has 1 aromatic carbocycles. The number of halogens is 1. The highest BCUT2D eigenvalue weighted by atomic mass is 19.1. The Kier molecular flexibility index (Phi) is 2.80. The molecule has 1 aliphatic rings. The van der Waals surface area contributed by atoms with Crippen LogP contribution in [0, 0.1) is 5.82 Å². The Bertz CT molecular complexity index is 528. The lowest BCUT2D eigenvalue weighted by molar-refractivity contribution is -0.120. The molecule has 0 radical (unpaired) electrons. The normalized spacial score (nSPS) is 19.2. The van der Waals surface area contributed by atoms with Crippen molar-refractivity contribution >= 4 is 6.47 Å². The van der Waals surface area contributed by atoms with Crippen molar-refractivity contribution in [3.05, 3.63) is 41.2 Å². The van der Waals surface area contributed by atoms with Crippen molar-refractivity contribution in [1.29, 1.82) is 0 Å². The quantitative estimate of drug-likeness (QED) is 0.591. The number of benzene rings is 1. The monoisotopic (exact) mass is 248 g/mol. The van der Waals surface area contributed by atoms with Gasteiger partial charge in [-0.25, -0.2) is 4.39 Å². The molecule has 0 aliphatic heterocycles. The first-order valence-electron chi connectivity index (χ1n) is 5.93. The molecule has 18 heavy (non-hydrogen) atoms. The lowest BCUT2D eigenvalue weighted by Gasteiger charge is -2.36. The third-order valence-electron chi connectivity index (χ3n) is 3.55. The van der Waals surface area contributed by atoms with Crippen molar-refractivity contribution in [3.8, 4) is 5.75 Å². The highest BCUT2D eigenvalue weighted by Crippen LogP contribution is 2.43. The minimum atomic E-state index is -0.500. The Morgan fingerprint density at radius 3 is 2.06 bits per heavy atom. The van der Waals surface area contributed by atoms with Gasteiger partial charge in [0, 0.05) is 10.8 Å². The fourth-order valence-electron chi connectivity index (χ4n) is 2.36. The van der Waals surface area contributed by atoms with Gasteiger partial charge in [-0.05, 0) is 23.3 Å². The van der Waals surface area contributed by atoms with E-state index in [0.717, 1.165) is 11.1 Å². The van der Waals surface area contributed by atoms with E-state index in [1.165, 1.54) is 6.07 Å². The Morgan fingerprint density at radius 2 is 1.56 bits per heavy atom. The highest BCUT2D eigenvalue weighted by molar-refractivity contribution is 5.54. The second-order valence-electron chi connectivity index (χ2n) is 5.82. The maximum absolute atomic E-state index is 13.9. The van der Waals surface area contributed by atoms with Crippen LogP contribution >= 0.6 is 0 Å². The SMILES string of the molecule is CC1(C)C=CC(C)(C)c2cc(OC=O)c(F)cc21. The molecule has 0 aromatic heterocycles. The summed E-state index contributed by atoms with van der Waals surface area (Å²) in [6.45, 7) is 8.44. The molecule has 0 saturated heterocycles. The van der Waals surface area contributed by atoms with Crippen LogP contribution in [0.5, 0.6) is 5.75 Å². The summed E-state index contributed by atoms with van der Waals surface area (Å²) < 4.78 is 18.5. The van der Waals surface area contributed by atoms with E-state index in [2.05, 4.69) is 30.7 Å². The molecule has 0 bridgehead atoms. The van der Waals surface area contributed by atoms with Gasteiger partial charge in [0.15, 0.2) is 11.6 Å².